The van der Waals surface area contributed by atoms with Crippen LogP contribution in [0.3, 0.4) is 0 Å². The predicted octanol–water partition coefficient (Wildman–Crippen LogP) is 3.53. The quantitative estimate of drug-likeness (QED) is 0.365. The lowest BCUT2D eigenvalue weighted by Gasteiger charge is -2.11. The number of carbonyl (C=O) groups is 2. The summed E-state index contributed by atoms with van der Waals surface area (Å²) in [6.07, 6.45) is 1.44. The van der Waals surface area contributed by atoms with Crippen LogP contribution in [0.4, 0.5) is 5.69 Å². The standard InChI is InChI=1S/C23H21N5O4S/c1-31-18-11-9-16(10-12-18)25-21(29)15-33-23-27-26-20(28(23)17-6-3-2-4-7-17)14-24-22(30)19-8-5-13-32-19/h2-13H,14-15H2,1H3,(H,24,30)(H,25,29). The summed E-state index contributed by atoms with van der Waals surface area (Å²) in [4.78, 5) is 24.7. The third kappa shape index (κ3) is 5.60. The van der Waals surface area contributed by atoms with Crippen molar-refractivity contribution in [2.24, 2.45) is 0 Å². The van der Waals surface area contributed by atoms with E-state index in [-0.39, 0.29) is 29.9 Å². The molecule has 2 aromatic heterocycles. The van der Waals surface area contributed by atoms with Crippen molar-refractivity contribution < 1.29 is 18.7 Å². The van der Waals surface area contributed by atoms with Crippen molar-refractivity contribution >= 4 is 29.3 Å². The van der Waals surface area contributed by atoms with Crippen LogP contribution in [-0.2, 0) is 11.3 Å². The van der Waals surface area contributed by atoms with Gasteiger partial charge in [-0.25, -0.2) is 0 Å². The van der Waals surface area contributed by atoms with Crippen molar-refractivity contribution in [2.45, 2.75) is 11.7 Å². The number of nitrogens with one attached hydrogen (secondary N) is 2. The van der Waals surface area contributed by atoms with Crippen LogP contribution >= 0.6 is 11.8 Å². The zero-order chi connectivity index (χ0) is 23.0. The third-order valence-corrected chi connectivity index (χ3v) is 5.50. The van der Waals surface area contributed by atoms with E-state index < -0.39 is 0 Å². The maximum atomic E-state index is 12.5. The van der Waals surface area contributed by atoms with Gasteiger partial charge in [0, 0.05) is 11.4 Å². The highest BCUT2D eigenvalue weighted by molar-refractivity contribution is 7.99. The average Bonchev–Trinajstić information content (AvgIpc) is 3.53. The smallest absolute Gasteiger partial charge is 0.287 e. The Morgan fingerprint density at radius 3 is 2.52 bits per heavy atom. The molecule has 0 atom stereocenters. The second-order valence-electron chi connectivity index (χ2n) is 6.80. The molecule has 2 N–H and O–H groups in total. The Hall–Kier alpha value is -4.05. The van der Waals surface area contributed by atoms with E-state index in [4.69, 9.17) is 9.15 Å². The number of methoxy groups -OCH3 is 1. The predicted molar refractivity (Wildman–Crippen MR) is 124 cm³/mol. The molecule has 0 unspecified atom stereocenters. The van der Waals surface area contributed by atoms with Gasteiger partial charge >= 0.3 is 0 Å². The average molecular weight is 464 g/mol. The van der Waals surface area contributed by atoms with E-state index >= 15 is 0 Å². The number of furan rings is 1. The molecule has 10 heteroatoms. The van der Waals surface area contributed by atoms with Gasteiger partial charge in [-0.3, -0.25) is 14.2 Å². The molecule has 0 saturated carbocycles. The summed E-state index contributed by atoms with van der Waals surface area (Å²) < 4.78 is 12.1. The molecule has 2 heterocycles. The highest BCUT2D eigenvalue weighted by Gasteiger charge is 2.17. The van der Waals surface area contributed by atoms with Gasteiger partial charge in [-0.05, 0) is 48.5 Å². The Balaban J connectivity index is 1.45. The molecule has 0 aliphatic heterocycles. The van der Waals surface area contributed by atoms with Crippen molar-refractivity contribution in [2.75, 3.05) is 18.2 Å². The number of nitrogens with zero attached hydrogens (tertiary/aromatic N) is 3. The number of amides is 2. The van der Waals surface area contributed by atoms with Crippen molar-refractivity contribution in [1.82, 2.24) is 20.1 Å². The number of hydrogen-bond acceptors (Lipinski definition) is 7. The molecule has 0 aliphatic carbocycles. The van der Waals surface area contributed by atoms with Crippen LogP contribution in [0.1, 0.15) is 16.4 Å². The molecule has 0 saturated heterocycles. The highest BCUT2D eigenvalue weighted by Crippen LogP contribution is 2.23. The SMILES string of the molecule is COc1ccc(NC(=O)CSc2nnc(CNC(=O)c3ccco3)n2-c2ccccc2)cc1. The molecule has 2 aromatic carbocycles. The number of rotatable bonds is 9. The summed E-state index contributed by atoms with van der Waals surface area (Å²) in [5.41, 5.74) is 1.50. The van der Waals surface area contributed by atoms with Crippen LogP contribution in [0.15, 0.2) is 82.6 Å². The molecular weight excluding hydrogens is 442 g/mol. The fraction of sp³-hybridized carbons (Fsp3) is 0.130. The lowest BCUT2D eigenvalue weighted by Crippen LogP contribution is -2.24. The third-order valence-electron chi connectivity index (χ3n) is 4.57. The van der Waals surface area contributed by atoms with Crippen molar-refractivity contribution in [3.05, 3.63) is 84.6 Å². The summed E-state index contributed by atoms with van der Waals surface area (Å²) in [5.74, 6) is 1.06. The minimum absolute atomic E-state index is 0.135. The highest BCUT2D eigenvalue weighted by atomic mass is 32.2. The van der Waals surface area contributed by atoms with E-state index in [1.807, 2.05) is 34.9 Å². The van der Waals surface area contributed by atoms with E-state index in [1.54, 1.807) is 43.5 Å². The van der Waals surface area contributed by atoms with Crippen LogP contribution in [-0.4, -0.2) is 39.4 Å². The van der Waals surface area contributed by atoms with Gasteiger partial charge < -0.3 is 19.8 Å². The van der Waals surface area contributed by atoms with Crippen LogP contribution in [0.2, 0.25) is 0 Å². The molecule has 0 fully saturated rings. The number of thioether (sulfide) groups is 1. The van der Waals surface area contributed by atoms with Gasteiger partial charge in [0.1, 0.15) is 5.75 Å². The molecule has 9 nitrogen and oxygen atoms in total. The maximum Gasteiger partial charge on any atom is 0.287 e. The van der Waals surface area contributed by atoms with E-state index in [2.05, 4.69) is 20.8 Å². The lowest BCUT2D eigenvalue weighted by atomic mass is 10.3. The van der Waals surface area contributed by atoms with Gasteiger partial charge in [-0.2, -0.15) is 0 Å². The molecule has 33 heavy (non-hydrogen) atoms. The van der Waals surface area contributed by atoms with Gasteiger partial charge in [0.15, 0.2) is 16.7 Å². The Bertz CT molecular complexity index is 1210. The molecular formula is C23H21N5O4S. The molecule has 0 radical (unpaired) electrons. The maximum absolute atomic E-state index is 12.5. The van der Waals surface area contributed by atoms with E-state index in [1.165, 1.54) is 18.0 Å². The Labute approximate surface area is 194 Å². The second kappa shape index (κ2) is 10.5. The van der Waals surface area contributed by atoms with Gasteiger partial charge in [-0.15, -0.1) is 10.2 Å². The summed E-state index contributed by atoms with van der Waals surface area (Å²) >= 11 is 1.25. The molecule has 0 spiro atoms. The first-order chi connectivity index (χ1) is 16.1. The zero-order valence-electron chi connectivity index (χ0n) is 17.7. The lowest BCUT2D eigenvalue weighted by molar-refractivity contribution is -0.113. The van der Waals surface area contributed by atoms with E-state index in [0.29, 0.717) is 22.4 Å². The number of carbonyl (C=O) groups excluding carboxylic acids is 2. The number of hydrogen-bond donors (Lipinski definition) is 2. The minimum Gasteiger partial charge on any atom is -0.497 e. The van der Waals surface area contributed by atoms with Crippen molar-refractivity contribution in [1.29, 1.82) is 0 Å². The molecule has 2 amide bonds. The first-order valence-corrected chi connectivity index (χ1v) is 11.0. The Kier molecular flexibility index (Phi) is 7.06. The van der Waals surface area contributed by atoms with Crippen LogP contribution in [0.25, 0.3) is 5.69 Å². The monoisotopic (exact) mass is 463 g/mol. The first kappa shape index (κ1) is 22.2. The summed E-state index contributed by atoms with van der Waals surface area (Å²) in [6, 6.07) is 19.8. The Morgan fingerprint density at radius 2 is 1.82 bits per heavy atom. The van der Waals surface area contributed by atoms with Crippen LogP contribution < -0.4 is 15.4 Å². The van der Waals surface area contributed by atoms with Crippen LogP contribution in [0.5, 0.6) is 5.75 Å². The number of ether oxygens (including phenoxy) is 1. The number of benzene rings is 2. The molecule has 168 valence electrons. The van der Waals surface area contributed by atoms with E-state index in [9.17, 15) is 9.59 Å². The first-order valence-electron chi connectivity index (χ1n) is 10.0. The van der Waals surface area contributed by atoms with Crippen molar-refractivity contribution in [3.8, 4) is 11.4 Å². The van der Waals surface area contributed by atoms with Gasteiger partial charge in [-0.1, -0.05) is 30.0 Å². The largest absolute Gasteiger partial charge is 0.497 e. The molecule has 4 rings (SSSR count). The number of aromatic nitrogens is 3. The van der Waals surface area contributed by atoms with Crippen LogP contribution in [0, 0.1) is 0 Å². The Morgan fingerprint density at radius 1 is 1.03 bits per heavy atom. The topological polar surface area (TPSA) is 111 Å². The van der Waals surface area contributed by atoms with Gasteiger partial charge in [0.05, 0.1) is 25.7 Å². The summed E-state index contributed by atoms with van der Waals surface area (Å²) in [7, 11) is 1.59. The normalized spacial score (nSPS) is 10.6. The van der Waals surface area contributed by atoms with E-state index in [0.717, 1.165) is 5.69 Å². The fourth-order valence-corrected chi connectivity index (χ4v) is 3.77. The summed E-state index contributed by atoms with van der Waals surface area (Å²) in [5, 5.41) is 14.6. The second-order valence-corrected chi connectivity index (χ2v) is 7.74. The molecule has 0 bridgehead atoms. The molecule has 0 aliphatic rings. The number of anilines is 1. The van der Waals surface area contributed by atoms with Gasteiger partial charge in [0.2, 0.25) is 5.91 Å². The minimum atomic E-state index is -0.351. The zero-order valence-corrected chi connectivity index (χ0v) is 18.5. The van der Waals surface area contributed by atoms with Crippen molar-refractivity contribution in [3.63, 3.8) is 0 Å². The molecule has 4 aromatic rings. The van der Waals surface area contributed by atoms with Gasteiger partial charge in [0.25, 0.3) is 5.91 Å². The fourth-order valence-electron chi connectivity index (χ4n) is 3.00. The summed E-state index contributed by atoms with van der Waals surface area (Å²) in [6.45, 7) is 0.139. The number of para-hydroxylation sites is 1.